The van der Waals surface area contributed by atoms with Gasteiger partial charge >= 0.3 is 0 Å². The molecule has 0 radical (unpaired) electrons. The Kier molecular flexibility index (Phi) is 3.33. The number of methoxy groups -OCH3 is 1. The van der Waals surface area contributed by atoms with Crippen LogP contribution in [-0.2, 0) is 0 Å². The average molecular weight is 353 g/mol. The van der Waals surface area contributed by atoms with Crippen LogP contribution in [0.2, 0.25) is 0 Å². The van der Waals surface area contributed by atoms with Crippen molar-refractivity contribution in [2.24, 2.45) is 23.2 Å². The summed E-state index contributed by atoms with van der Waals surface area (Å²) in [6.45, 7) is 0. The molecule has 0 heterocycles. The SMILES string of the molecule is COc1ccc(C(Br)C23CC4CC(CC(C4)C2)C3)c(F)c1. The fourth-order valence-corrected chi connectivity index (χ4v) is 6.59. The largest absolute Gasteiger partial charge is 0.497 e. The van der Waals surface area contributed by atoms with Crippen molar-refractivity contribution >= 4 is 15.9 Å². The topological polar surface area (TPSA) is 9.23 Å². The van der Waals surface area contributed by atoms with Gasteiger partial charge in [-0.3, -0.25) is 0 Å². The van der Waals surface area contributed by atoms with Gasteiger partial charge in [-0.25, -0.2) is 4.39 Å². The van der Waals surface area contributed by atoms with Crippen LogP contribution in [0, 0.1) is 29.0 Å². The van der Waals surface area contributed by atoms with E-state index in [2.05, 4.69) is 15.9 Å². The van der Waals surface area contributed by atoms with Gasteiger partial charge in [0, 0.05) is 16.5 Å². The lowest BCUT2D eigenvalue weighted by Crippen LogP contribution is -2.47. The maximum Gasteiger partial charge on any atom is 0.131 e. The van der Waals surface area contributed by atoms with Gasteiger partial charge in [0.2, 0.25) is 0 Å². The Morgan fingerprint density at radius 3 is 2.19 bits per heavy atom. The van der Waals surface area contributed by atoms with E-state index in [1.165, 1.54) is 44.6 Å². The van der Waals surface area contributed by atoms with Crippen LogP contribution in [0.15, 0.2) is 18.2 Å². The van der Waals surface area contributed by atoms with Crippen LogP contribution in [0.4, 0.5) is 4.39 Å². The van der Waals surface area contributed by atoms with Crippen molar-refractivity contribution in [3.05, 3.63) is 29.6 Å². The molecule has 1 unspecified atom stereocenters. The summed E-state index contributed by atoms with van der Waals surface area (Å²) < 4.78 is 19.6. The van der Waals surface area contributed by atoms with Gasteiger partial charge in [0.1, 0.15) is 11.6 Å². The van der Waals surface area contributed by atoms with E-state index in [0.717, 1.165) is 23.3 Å². The first-order chi connectivity index (χ1) is 10.1. The summed E-state index contributed by atoms with van der Waals surface area (Å²) in [7, 11) is 1.58. The Morgan fingerprint density at radius 1 is 1.14 bits per heavy atom. The van der Waals surface area contributed by atoms with E-state index >= 15 is 0 Å². The van der Waals surface area contributed by atoms with Gasteiger partial charge in [-0.1, -0.05) is 22.0 Å². The molecule has 114 valence electrons. The van der Waals surface area contributed by atoms with Crippen molar-refractivity contribution in [2.45, 2.75) is 43.4 Å². The van der Waals surface area contributed by atoms with E-state index in [0.29, 0.717) is 5.75 Å². The second kappa shape index (κ2) is 4.97. The molecule has 0 spiro atoms. The third-order valence-electron chi connectivity index (χ3n) is 6.10. The Labute approximate surface area is 134 Å². The van der Waals surface area contributed by atoms with Crippen LogP contribution in [-0.4, -0.2) is 7.11 Å². The van der Waals surface area contributed by atoms with Crippen molar-refractivity contribution in [1.82, 2.24) is 0 Å². The predicted octanol–water partition coefficient (Wildman–Crippen LogP) is 5.49. The van der Waals surface area contributed by atoms with E-state index in [1.54, 1.807) is 7.11 Å². The van der Waals surface area contributed by atoms with Crippen molar-refractivity contribution < 1.29 is 9.13 Å². The molecular weight excluding hydrogens is 331 g/mol. The Morgan fingerprint density at radius 2 is 1.71 bits per heavy atom. The highest BCUT2D eigenvalue weighted by molar-refractivity contribution is 9.09. The Balaban J connectivity index is 1.66. The summed E-state index contributed by atoms with van der Waals surface area (Å²) in [6, 6.07) is 5.31. The number of hydrogen-bond acceptors (Lipinski definition) is 1. The van der Waals surface area contributed by atoms with Crippen LogP contribution in [0.3, 0.4) is 0 Å². The van der Waals surface area contributed by atoms with Crippen molar-refractivity contribution in [2.75, 3.05) is 7.11 Å². The van der Waals surface area contributed by atoms with E-state index in [-0.39, 0.29) is 16.1 Å². The number of halogens is 2. The van der Waals surface area contributed by atoms with Gasteiger partial charge in [0.25, 0.3) is 0 Å². The van der Waals surface area contributed by atoms with Gasteiger partial charge in [-0.15, -0.1) is 0 Å². The summed E-state index contributed by atoms with van der Waals surface area (Å²) in [4.78, 5) is 0.143. The van der Waals surface area contributed by atoms with Crippen molar-refractivity contribution in [3.8, 4) is 5.75 Å². The molecule has 1 aromatic carbocycles. The maximum atomic E-state index is 14.5. The maximum absolute atomic E-state index is 14.5. The fourth-order valence-electron chi connectivity index (χ4n) is 5.66. The number of rotatable bonds is 3. The minimum absolute atomic E-state index is 0.132. The molecule has 5 rings (SSSR count). The van der Waals surface area contributed by atoms with Gasteiger partial charge in [0.15, 0.2) is 0 Å². The van der Waals surface area contributed by atoms with Crippen molar-refractivity contribution in [3.63, 3.8) is 0 Å². The molecule has 0 amide bonds. The minimum atomic E-state index is -0.132. The summed E-state index contributed by atoms with van der Waals surface area (Å²) in [6.07, 6.45) is 8.10. The molecule has 4 aliphatic rings. The molecule has 4 fully saturated rings. The summed E-state index contributed by atoms with van der Waals surface area (Å²) >= 11 is 3.89. The highest BCUT2D eigenvalue weighted by Crippen LogP contribution is 2.66. The monoisotopic (exact) mass is 352 g/mol. The zero-order valence-corrected chi connectivity index (χ0v) is 14.0. The zero-order chi connectivity index (χ0) is 14.6. The lowest BCUT2D eigenvalue weighted by molar-refractivity contribution is -0.0532. The molecule has 1 aromatic rings. The van der Waals surface area contributed by atoms with Crippen LogP contribution in [0.25, 0.3) is 0 Å². The normalized spacial score (nSPS) is 38.5. The summed E-state index contributed by atoms with van der Waals surface area (Å²) in [5, 5.41) is 0. The summed E-state index contributed by atoms with van der Waals surface area (Å²) in [5.41, 5.74) is 1.10. The molecule has 3 heteroatoms. The third-order valence-corrected chi connectivity index (χ3v) is 7.57. The van der Waals surface area contributed by atoms with Gasteiger partial charge in [-0.05, 0) is 67.8 Å². The molecular formula is C18H22BrFO. The Hall–Kier alpha value is -0.570. The molecule has 4 bridgehead atoms. The van der Waals surface area contributed by atoms with E-state index < -0.39 is 0 Å². The van der Waals surface area contributed by atoms with Crippen LogP contribution in [0.1, 0.15) is 48.9 Å². The van der Waals surface area contributed by atoms with Crippen LogP contribution < -0.4 is 4.74 Å². The molecule has 21 heavy (non-hydrogen) atoms. The lowest BCUT2D eigenvalue weighted by Gasteiger charge is -2.58. The molecule has 0 aliphatic heterocycles. The number of ether oxygens (including phenoxy) is 1. The van der Waals surface area contributed by atoms with E-state index in [9.17, 15) is 4.39 Å². The standard InChI is InChI=1S/C18H22BrFO/c1-21-14-2-3-15(16(20)7-14)17(19)18-8-11-4-12(9-18)6-13(5-11)10-18/h2-3,7,11-13,17H,4-6,8-10H2,1H3. The minimum Gasteiger partial charge on any atom is -0.497 e. The predicted molar refractivity (Wildman–Crippen MR) is 85.2 cm³/mol. The van der Waals surface area contributed by atoms with Crippen LogP contribution >= 0.6 is 15.9 Å². The molecule has 0 N–H and O–H groups in total. The van der Waals surface area contributed by atoms with E-state index in [4.69, 9.17) is 4.74 Å². The quantitative estimate of drug-likeness (QED) is 0.653. The average Bonchev–Trinajstić information content (AvgIpc) is 2.45. The first-order valence-corrected chi connectivity index (χ1v) is 8.99. The second-order valence-corrected chi connectivity index (χ2v) is 8.45. The number of alkyl halides is 1. The van der Waals surface area contributed by atoms with Gasteiger partial charge < -0.3 is 4.74 Å². The van der Waals surface area contributed by atoms with E-state index in [1.807, 2.05) is 12.1 Å². The first kappa shape index (κ1) is 14.0. The molecule has 1 nitrogen and oxygen atoms in total. The third kappa shape index (κ3) is 2.23. The number of hydrogen-bond donors (Lipinski definition) is 0. The zero-order valence-electron chi connectivity index (χ0n) is 12.4. The van der Waals surface area contributed by atoms with Crippen LogP contribution in [0.5, 0.6) is 5.75 Å². The first-order valence-electron chi connectivity index (χ1n) is 8.07. The molecule has 4 aliphatic carbocycles. The number of benzene rings is 1. The molecule has 4 saturated carbocycles. The highest BCUT2D eigenvalue weighted by atomic mass is 79.9. The Bertz CT molecular complexity index is 521. The lowest BCUT2D eigenvalue weighted by atomic mass is 9.48. The second-order valence-electron chi connectivity index (χ2n) is 7.53. The highest BCUT2D eigenvalue weighted by Gasteiger charge is 2.54. The smallest absolute Gasteiger partial charge is 0.131 e. The van der Waals surface area contributed by atoms with Crippen molar-refractivity contribution in [1.29, 1.82) is 0 Å². The van der Waals surface area contributed by atoms with Gasteiger partial charge in [-0.2, -0.15) is 0 Å². The fraction of sp³-hybridized carbons (Fsp3) is 0.667. The summed E-state index contributed by atoms with van der Waals surface area (Å²) in [5.74, 6) is 3.13. The van der Waals surface area contributed by atoms with Gasteiger partial charge in [0.05, 0.1) is 7.11 Å². The molecule has 1 atom stereocenters. The molecule has 0 aromatic heterocycles. The molecule has 0 saturated heterocycles.